The maximum Gasteiger partial charge on any atom is 0.107 e. The topological polar surface area (TPSA) is 31.4 Å². The molecule has 0 aliphatic carbocycles. The summed E-state index contributed by atoms with van der Waals surface area (Å²) in [6, 6.07) is 0.740. The molecule has 1 N–H and O–H groups in total. The summed E-state index contributed by atoms with van der Waals surface area (Å²) >= 11 is 1.79. The summed E-state index contributed by atoms with van der Waals surface area (Å²) in [4.78, 5) is 9.90. The molecule has 2 rings (SSSR count). The summed E-state index contributed by atoms with van der Waals surface area (Å²) in [7, 11) is 0. The normalized spacial score (nSPS) is 19.7. The molecule has 5 heteroatoms. The Bertz CT molecular complexity index is 403. The smallest absolute Gasteiger partial charge is 0.107 e. The van der Waals surface area contributed by atoms with Gasteiger partial charge in [0.25, 0.3) is 0 Å². The van der Waals surface area contributed by atoms with E-state index in [-0.39, 0.29) is 0 Å². The van der Waals surface area contributed by atoms with Gasteiger partial charge < -0.3 is 5.32 Å². The monoisotopic (exact) mass is 310 g/mol. The van der Waals surface area contributed by atoms with Crippen LogP contribution < -0.4 is 5.32 Å². The summed E-state index contributed by atoms with van der Waals surface area (Å²) in [6.45, 7) is 14.5. The molecule has 0 bridgehead atoms. The summed E-state index contributed by atoms with van der Waals surface area (Å²) in [5, 5.41) is 6.87. The molecule has 1 unspecified atom stereocenters. The number of likely N-dealkylation sites (N-methyl/N-ethyl adjacent to an activating group) is 1. The van der Waals surface area contributed by atoms with Crippen LogP contribution in [-0.2, 0) is 13.1 Å². The second kappa shape index (κ2) is 8.83. The number of hydrogen-bond donors (Lipinski definition) is 1. The molecule has 1 aliphatic heterocycles. The molecule has 1 saturated heterocycles. The van der Waals surface area contributed by atoms with E-state index >= 15 is 0 Å². The van der Waals surface area contributed by atoms with Gasteiger partial charge in [0.15, 0.2) is 0 Å². The quantitative estimate of drug-likeness (QED) is 0.710. The average Bonchev–Trinajstić information content (AvgIpc) is 3.11. The SMILES string of the molecule is CCCNCc1nc(CN2CCC(N(CC)CC)C2)cs1. The van der Waals surface area contributed by atoms with Crippen molar-refractivity contribution in [1.29, 1.82) is 0 Å². The Morgan fingerprint density at radius 1 is 1.38 bits per heavy atom. The molecule has 0 saturated carbocycles. The fourth-order valence-electron chi connectivity index (χ4n) is 3.10. The van der Waals surface area contributed by atoms with E-state index in [9.17, 15) is 0 Å². The molecule has 2 heterocycles. The molecule has 0 radical (unpaired) electrons. The average molecular weight is 311 g/mol. The van der Waals surface area contributed by atoms with E-state index in [2.05, 4.69) is 41.3 Å². The van der Waals surface area contributed by atoms with Crippen molar-refractivity contribution >= 4 is 11.3 Å². The minimum Gasteiger partial charge on any atom is -0.310 e. The van der Waals surface area contributed by atoms with Crippen LogP contribution in [0.3, 0.4) is 0 Å². The van der Waals surface area contributed by atoms with Gasteiger partial charge in [0.1, 0.15) is 5.01 Å². The van der Waals surface area contributed by atoms with Gasteiger partial charge in [0.05, 0.1) is 5.69 Å². The molecule has 1 fully saturated rings. The number of nitrogens with one attached hydrogen (secondary N) is 1. The van der Waals surface area contributed by atoms with Gasteiger partial charge in [-0.25, -0.2) is 4.98 Å². The molecule has 0 spiro atoms. The van der Waals surface area contributed by atoms with Gasteiger partial charge in [-0.3, -0.25) is 9.80 Å². The molecular weight excluding hydrogens is 280 g/mol. The molecule has 1 aromatic rings. The number of nitrogens with zero attached hydrogens (tertiary/aromatic N) is 3. The third-order valence-corrected chi connectivity index (χ3v) is 5.16. The minimum absolute atomic E-state index is 0.740. The number of rotatable bonds is 9. The zero-order valence-corrected chi connectivity index (χ0v) is 14.6. The third-order valence-electron chi connectivity index (χ3n) is 4.26. The fraction of sp³-hybridized carbons (Fsp3) is 0.812. The van der Waals surface area contributed by atoms with Crippen LogP contribution in [0.5, 0.6) is 0 Å². The van der Waals surface area contributed by atoms with Crippen LogP contribution in [0, 0.1) is 0 Å². The standard InChI is InChI=1S/C16H30N4S/c1-4-8-17-10-16-18-14(13-21-16)11-19-9-7-15(12-19)20(5-2)6-3/h13,15,17H,4-12H2,1-3H3. The predicted octanol–water partition coefficient (Wildman–Crippen LogP) is 2.56. The van der Waals surface area contributed by atoms with Crippen molar-refractivity contribution in [2.24, 2.45) is 0 Å². The van der Waals surface area contributed by atoms with Gasteiger partial charge >= 0.3 is 0 Å². The van der Waals surface area contributed by atoms with Crippen LogP contribution in [0.15, 0.2) is 5.38 Å². The second-order valence-corrected chi connectivity index (χ2v) is 6.75. The molecule has 4 nitrogen and oxygen atoms in total. The highest BCUT2D eigenvalue weighted by atomic mass is 32.1. The first-order valence-corrected chi connectivity index (χ1v) is 9.25. The van der Waals surface area contributed by atoms with Gasteiger partial charge in [-0.15, -0.1) is 11.3 Å². The van der Waals surface area contributed by atoms with Crippen molar-refractivity contribution in [1.82, 2.24) is 20.1 Å². The lowest BCUT2D eigenvalue weighted by Gasteiger charge is -2.26. The Balaban J connectivity index is 1.78. The van der Waals surface area contributed by atoms with E-state index in [4.69, 9.17) is 4.98 Å². The van der Waals surface area contributed by atoms with Crippen molar-refractivity contribution < 1.29 is 0 Å². The highest BCUT2D eigenvalue weighted by Crippen LogP contribution is 2.19. The van der Waals surface area contributed by atoms with E-state index in [1.807, 2.05) is 0 Å². The zero-order chi connectivity index (χ0) is 15.1. The number of likely N-dealkylation sites (tertiary alicyclic amines) is 1. The first-order valence-electron chi connectivity index (χ1n) is 8.37. The Kier molecular flexibility index (Phi) is 7.10. The van der Waals surface area contributed by atoms with E-state index in [0.29, 0.717) is 0 Å². The third kappa shape index (κ3) is 5.02. The van der Waals surface area contributed by atoms with E-state index in [1.165, 1.54) is 49.7 Å². The Labute approximate surface area is 133 Å². The first kappa shape index (κ1) is 16.9. The summed E-state index contributed by atoms with van der Waals surface area (Å²) in [6.07, 6.45) is 2.48. The molecule has 0 amide bonds. The zero-order valence-electron chi connectivity index (χ0n) is 13.8. The Morgan fingerprint density at radius 3 is 2.90 bits per heavy atom. The lowest BCUT2D eigenvalue weighted by atomic mass is 10.2. The molecule has 120 valence electrons. The van der Waals surface area contributed by atoms with Gasteiger partial charge in [0.2, 0.25) is 0 Å². The van der Waals surface area contributed by atoms with E-state index < -0.39 is 0 Å². The largest absolute Gasteiger partial charge is 0.310 e. The predicted molar refractivity (Wildman–Crippen MR) is 90.7 cm³/mol. The van der Waals surface area contributed by atoms with Crippen LogP contribution in [0.25, 0.3) is 0 Å². The maximum atomic E-state index is 4.76. The van der Waals surface area contributed by atoms with Crippen LogP contribution in [0.2, 0.25) is 0 Å². The first-order chi connectivity index (χ1) is 10.3. The lowest BCUT2D eigenvalue weighted by Crippen LogP contribution is -2.37. The molecular formula is C16H30N4S. The van der Waals surface area contributed by atoms with Crippen LogP contribution in [-0.4, -0.2) is 53.5 Å². The highest BCUT2D eigenvalue weighted by molar-refractivity contribution is 7.09. The highest BCUT2D eigenvalue weighted by Gasteiger charge is 2.26. The van der Waals surface area contributed by atoms with E-state index in [0.717, 1.165) is 25.7 Å². The minimum atomic E-state index is 0.740. The second-order valence-electron chi connectivity index (χ2n) is 5.81. The summed E-state index contributed by atoms with van der Waals surface area (Å²) in [5.41, 5.74) is 1.24. The van der Waals surface area contributed by atoms with Gasteiger partial charge in [-0.2, -0.15) is 0 Å². The summed E-state index contributed by atoms with van der Waals surface area (Å²) in [5.74, 6) is 0. The number of hydrogen-bond acceptors (Lipinski definition) is 5. The van der Waals surface area contributed by atoms with Crippen molar-refractivity contribution in [2.45, 2.75) is 52.7 Å². The fourth-order valence-corrected chi connectivity index (χ4v) is 3.85. The molecule has 1 atom stereocenters. The Hall–Kier alpha value is -0.490. The van der Waals surface area contributed by atoms with Crippen LogP contribution in [0.1, 0.15) is 44.3 Å². The molecule has 1 aliphatic rings. The van der Waals surface area contributed by atoms with E-state index in [1.54, 1.807) is 11.3 Å². The molecule has 21 heavy (non-hydrogen) atoms. The van der Waals surface area contributed by atoms with Crippen molar-refractivity contribution in [3.63, 3.8) is 0 Å². The van der Waals surface area contributed by atoms with Crippen LogP contribution >= 0.6 is 11.3 Å². The van der Waals surface area contributed by atoms with Crippen LogP contribution in [0.4, 0.5) is 0 Å². The van der Waals surface area contributed by atoms with Crippen molar-refractivity contribution in [2.75, 3.05) is 32.7 Å². The van der Waals surface area contributed by atoms with Crippen molar-refractivity contribution in [3.05, 3.63) is 16.1 Å². The van der Waals surface area contributed by atoms with Gasteiger partial charge in [-0.1, -0.05) is 20.8 Å². The summed E-state index contributed by atoms with van der Waals surface area (Å²) < 4.78 is 0. The molecule has 1 aromatic heterocycles. The lowest BCUT2D eigenvalue weighted by molar-refractivity contribution is 0.208. The number of aromatic nitrogens is 1. The number of thiazole rings is 1. The van der Waals surface area contributed by atoms with Gasteiger partial charge in [0, 0.05) is 37.6 Å². The Morgan fingerprint density at radius 2 is 2.19 bits per heavy atom. The van der Waals surface area contributed by atoms with Gasteiger partial charge in [-0.05, 0) is 32.5 Å². The van der Waals surface area contributed by atoms with Crippen molar-refractivity contribution in [3.8, 4) is 0 Å². The maximum absolute atomic E-state index is 4.76. The molecule has 0 aromatic carbocycles.